The van der Waals surface area contributed by atoms with Crippen LogP contribution in [0.15, 0.2) is 76.6 Å². The number of nitrogens with zero attached hydrogens (tertiary/aromatic N) is 1. The monoisotopic (exact) mass is 721 g/mol. The van der Waals surface area contributed by atoms with Gasteiger partial charge in [-0.25, -0.2) is 0 Å². The van der Waals surface area contributed by atoms with Gasteiger partial charge in [0.25, 0.3) is 5.91 Å². The molecule has 0 radical (unpaired) electrons. The Kier molecular flexibility index (Phi) is 7.86. The summed E-state index contributed by atoms with van der Waals surface area (Å²) in [5.74, 6) is -1.68. The number of amides is 3. The fourth-order valence-electron chi connectivity index (χ4n) is 8.45. The third-order valence-corrected chi connectivity index (χ3v) is 13.0. The molecule has 9 nitrogen and oxygen atoms in total. The number of halogens is 3. The molecule has 8 rings (SSSR count). The average Bonchev–Trinajstić information content (AvgIpc) is 3.82. The van der Waals surface area contributed by atoms with Crippen molar-refractivity contribution in [3.05, 3.63) is 98.0 Å². The summed E-state index contributed by atoms with van der Waals surface area (Å²) in [7, 11) is 1.46. The Bertz CT molecular complexity index is 2100. The van der Waals surface area contributed by atoms with Crippen molar-refractivity contribution in [3.63, 3.8) is 0 Å². The average molecular weight is 722 g/mol. The van der Waals surface area contributed by atoms with Crippen molar-refractivity contribution in [2.24, 2.45) is 29.6 Å². The van der Waals surface area contributed by atoms with Crippen LogP contribution in [-0.4, -0.2) is 41.7 Å². The molecule has 4 aliphatic rings. The molecule has 3 heterocycles. The summed E-state index contributed by atoms with van der Waals surface area (Å²) >= 11 is 2.74. The van der Waals surface area contributed by atoms with Crippen molar-refractivity contribution in [3.8, 4) is 11.5 Å². The second kappa shape index (κ2) is 12.0. The van der Waals surface area contributed by atoms with Gasteiger partial charge in [0.1, 0.15) is 0 Å². The van der Waals surface area contributed by atoms with Crippen molar-refractivity contribution >= 4 is 52.2 Å². The predicted octanol–water partition coefficient (Wildman–Crippen LogP) is 6.47. The summed E-state index contributed by atoms with van der Waals surface area (Å²) in [5.41, 5.74) is 1.55. The van der Waals surface area contributed by atoms with Crippen molar-refractivity contribution in [1.29, 1.82) is 0 Å². The number of anilines is 2. The molecule has 1 aromatic heterocycles. The number of aromatic nitrogens is 1. The van der Waals surface area contributed by atoms with Crippen LogP contribution in [0.2, 0.25) is 0 Å². The number of thiazole rings is 1. The number of hydrogen-bond donors (Lipinski definition) is 2. The molecule has 50 heavy (non-hydrogen) atoms. The Balaban J connectivity index is 1.06. The van der Waals surface area contributed by atoms with Crippen LogP contribution in [0.1, 0.15) is 33.9 Å². The van der Waals surface area contributed by atoms with Crippen LogP contribution in [0.4, 0.5) is 24.5 Å². The number of nitrogens with one attached hydrogen (secondary N) is 2. The molecule has 1 saturated heterocycles. The number of imide groups is 1. The van der Waals surface area contributed by atoms with Gasteiger partial charge in [-0.3, -0.25) is 24.1 Å². The maximum absolute atomic E-state index is 14.0. The molecule has 3 amide bonds. The molecule has 2 N–H and O–H groups in total. The maximum Gasteiger partial charge on any atom is 0.416 e. The Morgan fingerprint density at radius 1 is 0.980 bits per heavy atom. The van der Waals surface area contributed by atoms with Gasteiger partial charge in [0.15, 0.2) is 18.1 Å². The number of H-pyrrole nitrogens is 1. The molecule has 2 aliphatic heterocycles. The van der Waals surface area contributed by atoms with Crippen LogP contribution in [0, 0.1) is 36.5 Å². The molecule has 6 unspecified atom stereocenters. The second-order valence-corrected chi connectivity index (χ2v) is 15.3. The van der Waals surface area contributed by atoms with E-state index in [-0.39, 0.29) is 57.0 Å². The van der Waals surface area contributed by atoms with E-state index in [9.17, 15) is 32.3 Å². The van der Waals surface area contributed by atoms with Gasteiger partial charge in [-0.05, 0) is 79.1 Å². The van der Waals surface area contributed by atoms with E-state index in [1.54, 1.807) is 23.9 Å². The van der Waals surface area contributed by atoms with E-state index >= 15 is 0 Å². The van der Waals surface area contributed by atoms with E-state index < -0.39 is 36.1 Å². The summed E-state index contributed by atoms with van der Waals surface area (Å²) < 4.78 is 50.7. The first-order valence-electron chi connectivity index (χ1n) is 16.0. The Morgan fingerprint density at radius 2 is 1.72 bits per heavy atom. The Morgan fingerprint density at radius 3 is 2.44 bits per heavy atom. The molecule has 2 aliphatic carbocycles. The third kappa shape index (κ3) is 5.31. The SMILES string of the molecule is COc1cc([C@H]2c3sc(=O)[nH]c3SC3C4CC(C5C(=O)N(c6ccc(C)cc6)C(=O)C45)C32)ccc1OCC(=O)Nc1cccc(C(F)(F)F)c1. The van der Waals surface area contributed by atoms with E-state index in [1.807, 2.05) is 37.3 Å². The molecule has 4 aromatic rings. The van der Waals surface area contributed by atoms with Crippen molar-refractivity contribution < 1.29 is 37.0 Å². The predicted molar refractivity (Wildman–Crippen MR) is 181 cm³/mol. The van der Waals surface area contributed by atoms with Gasteiger partial charge in [-0.15, -0.1) is 11.8 Å². The molecule has 3 fully saturated rings. The topological polar surface area (TPSA) is 118 Å². The lowest BCUT2D eigenvalue weighted by atomic mass is 9.68. The van der Waals surface area contributed by atoms with Crippen LogP contribution in [-0.2, 0) is 20.6 Å². The van der Waals surface area contributed by atoms with Crippen molar-refractivity contribution in [2.45, 2.75) is 35.7 Å². The first-order chi connectivity index (χ1) is 23.9. The lowest BCUT2D eigenvalue weighted by molar-refractivity contribution is -0.137. The summed E-state index contributed by atoms with van der Waals surface area (Å²) in [6, 6.07) is 17.0. The summed E-state index contributed by atoms with van der Waals surface area (Å²) in [5, 5.41) is 3.20. The van der Waals surface area contributed by atoms with Gasteiger partial charge in [-0.1, -0.05) is 41.2 Å². The number of aryl methyl sites for hydroxylation is 1. The van der Waals surface area contributed by atoms with E-state index in [2.05, 4.69) is 10.3 Å². The van der Waals surface area contributed by atoms with E-state index in [0.717, 1.165) is 50.9 Å². The Labute approximate surface area is 292 Å². The first-order valence-corrected chi connectivity index (χ1v) is 17.7. The highest BCUT2D eigenvalue weighted by atomic mass is 32.2. The lowest BCUT2D eigenvalue weighted by Crippen LogP contribution is -2.42. The molecule has 14 heteroatoms. The fourth-order valence-corrected chi connectivity index (χ4v) is 11.3. The van der Waals surface area contributed by atoms with Crippen LogP contribution in [0.3, 0.4) is 0 Å². The number of carbonyl (C=O) groups excluding carboxylic acids is 3. The number of carbonyl (C=O) groups is 3. The van der Waals surface area contributed by atoms with Crippen LogP contribution in [0.25, 0.3) is 0 Å². The number of hydrogen-bond acceptors (Lipinski definition) is 8. The summed E-state index contributed by atoms with van der Waals surface area (Å²) in [6.07, 6.45) is -3.81. The van der Waals surface area contributed by atoms with Crippen LogP contribution >= 0.6 is 23.1 Å². The van der Waals surface area contributed by atoms with Crippen molar-refractivity contribution in [1.82, 2.24) is 4.98 Å². The van der Waals surface area contributed by atoms with E-state index in [0.29, 0.717) is 11.4 Å². The number of fused-ring (bicyclic) bond motifs is 9. The largest absolute Gasteiger partial charge is 0.493 e. The second-order valence-electron chi connectivity index (χ2n) is 13.1. The molecule has 0 spiro atoms. The molecule has 3 aromatic carbocycles. The summed E-state index contributed by atoms with van der Waals surface area (Å²) in [6.45, 7) is 1.47. The molecular formula is C36H30F3N3O6S2. The molecular weight excluding hydrogens is 692 g/mol. The normalized spacial score (nSPS) is 26.4. The van der Waals surface area contributed by atoms with Crippen LogP contribution < -0.4 is 24.6 Å². The lowest BCUT2D eigenvalue weighted by Gasteiger charge is -2.43. The van der Waals surface area contributed by atoms with Crippen LogP contribution in [0.5, 0.6) is 11.5 Å². The highest BCUT2D eigenvalue weighted by Gasteiger charge is 2.69. The van der Waals surface area contributed by atoms with Gasteiger partial charge in [0.2, 0.25) is 11.8 Å². The van der Waals surface area contributed by atoms with E-state index in [4.69, 9.17) is 9.47 Å². The minimum atomic E-state index is -4.55. The van der Waals surface area contributed by atoms with Gasteiger partial charge in [0.05, 0.1) is 35.2 Å². The standard InChI is InChI=1S/C36H30F3N3O6S2/c1-16-6-9-20(10-7-16)42-33(44)28-21-14-22(29(28)34(42)45)30-27(21)26(31-32(49-30)41-35(46)50-31)17-8-11-23(24(12-17)47-2)48-15-25(43)40-19-5-3-4-18(13-19)36(37,38)39/h3-13,21-22,26-30H,14-15H2,1-2H3,(H,40,43)(H,41,46)/t21?,22?,26-,27?,28?,29?,30?/m1/s1. The quantitative estimate of drug-likeness (QED) is 0.210. The number of rotatable bonds is 7. The van der Waals surface area contributed by atoms with Gasteiger partial charge < -0.3 is 19.8 Å². The Hall–Kier alpha value is -4.56. The zero-order chi connectivity index (χ0) is 35.1. The minimum Gasteiger partial charge on any atom is -0.493 e. The maximum atomic E-state index is 14.0. The number of thioether (sulfide) groups is 1. The number of methoxy groups -OCH3 is 1. The molecule has 2 saturated carbocycles. The number of ether oxygens (including phenoxy) is 2. The minimum absolute atomic E-state index is 0.000170. The highest BCUT2D eigenvalue weighted by Crippen LogP contribution is 2.68. The van der Waals surface area contributed by atoms with Gasteiger partial charge in [0, 0.05) is 21.7 Å². The first kappa shape index (κ1) is 32.6. The van der Waals surface area contributed by atoms with Gasteiger partial charge >= 0.3 is 11.0 Å². The van der Waals surface area contributed by atoms with Crippen molar-refractivity contribution in [2.75, 3.05) is 23.9 Å². The summed E-state index contributed by atoms with van der Waals surface area (Å²) in [4.78, 5) is 58.2. The highest BCUT2D eigenvalue weighted by molar-refractivity contribution is 8.00. The zero-order valence-electron chi connectivity index (χ0n) is 26.7. The zero-order valence-corrected chi connectivity index (χ0v) is 28.3. The number of benzene rings is 3. The molecule has 258 valence electrons. The third-order valence-electron chi connectivity index (χ3n) is 10.4. The molecule has 7 atom stereocenters. The smallest absolute Gasteiger partial charge is 0.416 e. The fraction of sp³-hybridized carbons (Fsp3) is 0.333. The number of alkyl halides is 3. The van der Waals surface area contributed by atoms with Gasteiger partial charge in [-0.2, -0.15) is 13.2 Å². The number of aromatic amines is 1. The van der Waals surface area contributed by atoms with E-state index in [1.165, 1.54) is 24.1 Å². The molecule has 2 bridgehead atoms.